The molecule has 0 bridgehead atoms. The Bertz CT molecular complexity index is 418. The number of hydrogen-bond donors (Lipinski definition) is 2. The van der Waals surface area contributed by atoms with Gasteiger partial charge in [-0.05, 0) is 45.3 Å². The van der Waals surface area contributed by atoms with Crippen LogP contribution in [0.15, 0.2) is 6.20 Å². The predicted molar refractivity (Wildman–Crippen MR) is 79.5 cm³/mol. The number of rotatable bonds is 6. The summed E-state index contributed by atoms with van der Waals surface area (Å²) in [5, 5.41) is 6.12. The molecule has 5 nitrogen and oxygen atoms in total. The van der Waals surface area contributed by atoms with Gasteiger partial charge in [0.25, 0.3) is 0 Å². The smallest absolute Gasteiger partial charge is 0.224 e. The van der Waals surface area contributed by atoms with E-state index in [9.17, 15) is 4.39 Å². The minimum absolute atomic E-state index is 0.300. The average Bonchev–Trinajstić information content (AvgIpc) is 2.48. The summed E-state index contributed by atoms with van der Waals surface area (Å²) in [5.74, 6) is 0.971. The van der Waals surface area contributed by atoms with Crippen molar-refractivity contribution in [3.05, 3.63) is 12.0 Å². The molecule has 1 aliphatic rings. The monoisotopic (exact) mass is 281 g/mol. The van der Waals surface area contributed by atoms with Crippen LogP contribution in [0.2, 0.25) is 0 Å². The van der Waals surface area contributed by atoms with Crippen LogP contribution in [-0.4, -0.2) is 47.6 Å². The Balaban J connectivity index is 1.86. The van der Waals surface area contributed by atoms with Crippen molar-refractivity contribution in [1.82, 2.24) is 14.9 Å². The van der Waals surface area contributed by atoms with Crippen molar-refractivity contribution in [2.75, 3.05) is 43.4 Å². The van der Waals surface area contributed by atoms with E-state index in [4.69, 9.17) is 0 Å². The molecule has 0 amide bonds. The first-order chi connectivity index (χ1) is 9.72. The van der Waals surface area contributed by atoms with Gasteiger partial charge in [-0.15, -0.1) is 0 Å². The lowest BCUT2D eigenvalue weighted by Crippen LogP contribution is -2.35. The van der Waals surface area contributed by atoms with E-state index in [0.717, 1.165) is 45.6 Å². The summed E-state index contributed by atoms with van der Waals surface area (Å²) < 4.78 is 13.7. The Kier molecular flexibility index (Phi) is 5.52. The zero-order chi connectivity index (χ0) is 14.4. The maximum atomic E-state index is 13.7. The van der Waals surface area contributed by atoms with Crippen molar-refractivity contribution < 1.29 is 4.39 Å². The molecule has 1 fully saturated rings. The number of piperidine rings is 1. The number of nitrogens with zero attached hydrogens (tertiary/aromatic N) is 3. The van der Waals surface area contributed by atoms with E-state index in [1.807, 2.05) is 6.92 Å². The molecule has 1 saturated heterocycles. The van der Waals surface area contributed by atoms with Gasteiger partial charge in [0, 0.05) is 13.1 Å². The third kappa shape index (κ3) is 4.03. The standard InChI is InChI=1S/C14H24FN5/c1-3-16-14-18-10-12(15)13(19-14)17-9-11-5-7-20(4-2)8-6-11/h10-11H,3-9H2,1-2H3,(H2,16,17,18,19). The molecule has 6 heteroatoms. The van der Waals surface area contributed by atoms with Crippen molar-refractivity contribution in [3.63, 3.8) is 0 Å². The Morgan fingerprint density at radius 1 is 1.30 bits per heavy atom. The van der Waals surface area contributed by atoms with Gasteiger partial charge in [-0.1, -0.05) is 6.92 Å². The van der Waals surface area contributed by atoms with Crippen LogP contribution >= 0.6 is 0 Å². The van der Waals surface area contributed by atoms with E-state index in [0.29, 0.717) is 17.7 Å². The second kappa shape index (κ2) is 7.38. The van der Waals surface area contributed by atoms with Gasteiger partial charge in [0.15, 0.2) is 11.6 Å². The maximum absolute atomic E-state index is 13.7. The van der Waals surface area contributed by atoms with Gasteiger partial charge < -0.3 is 15.5 Å². The van der Waals surface area contributed by atoms with Gasteiger partial charge in [-0.25, -0.2) is 9.37 Å². The molecule has 0 aromatic carbocycles. The molecule has 0 spiro atoms. The minimum atomic E-state index is -0.391. The molecule has 1 aliphatic heterocycles. The quantitative estimate of drug-likeness (QED) is 0.837. The van der Waals surface area contributed by atoms with Crippen LogP contribution in [0.5, 0.6) is 0 Å². The molecule has 0 saturated carbocycles. The average molecular weight is 281 g/mol. The van der Waals surface area contributed by atoms with E-state index in [-0.39, 0.29) is 0 Å². The van der Waals surface area contributed by atoms with Crippen molar-refractivity contribution in [1.29, 1.82) is 0 Å². The largest absolute Gasteiger partial charge is 0.367 e. The van der Waals surface area contributed by atoms with Crippen molar-refractivity contribution >= 4 is 11.8 Å². The molecule has 0 atom stereocenters. The van der Waals surface area contributed by atoms with Gasteiger partial charge in [0.05, 0.1) is 6.20 Å². The first-order valence-electron chi connectivity index (χ1n) is 7.45. The highest BCUT2D eigenvalue weighted by Crippen LogP contribution is 2.19. The van der Waals surface area contributed by atoms with Crippen LogP contribution in [0, 0.1) is 11.7 Å². The Morgan fingerprint density at radius 2 is 2.05 bits per heavy atom. The third-order valence-corrected chi connectivity index (χ3v) is 3.79. The van der Waals surface area contributed by atoms with Crippen LogP contribution in [0.25, 0.3) is 0 Å². The number of nitrogens with one attached hydrogen (secondary N) is 2. The highest BCUT2D eigenvalue weighted by Gasteiger charge is 2.18. The van der Waals surface area contributed by atoms with E-state index in [2.05, 4.69) is 32.4 Å². The first-order valence-corrected chi connectivity index (χ1v) is 7.45. The van der Waals surface area contributed by atoms with Crippen LogP contribution in [0.4, 0.5) is 16.2 Å². The van der Waals surface area contributed by atoms with Crippen LogP contribution in [0.1, 0.15) is 26.7 Å². The molecule has 0 unspecified atom stereocenters. The number of anilines is 2. The van der Waals surface area contributed by atoms with Gasteiger partial charge in [-0.3, -0.25) is 0 Å². The summed E-state index contributed by atoms with van der Waals surface area (Å²) in [5.41, 5.74) is 0. The fourth-order valence-corrected chi connectivity index (χ4v) is 2.48. The number of aromatic nitrogens is 2. The lowest BCUT2D eigenvalue weighted by Gasteiger charge is -2.31. The second-order valence-corrected chi connectivity index (χ2v) is 5.18. The molecular formula is C14H24FN5. The summed E-state index contributed by atoms with van der Waals surface area (Å²) in [7, 11) is 0. The molecule has 0 radical (unpaired) electrons. The topological polar surface area (TPSA) is 53.1 Å². The Morgan fingerprint density at radius 3 is 2.70 bits per heavy atom. The fraction of sp³-hybridized carbons (Fsp3) is 0.714. The SMILES string of the molecule is CCNc1ncc(F)c(NCC2CCN(CC)CC2)n1. The van der Waals surface area contributed by atoms with Crippen molar-refractivity contribution in [2.45, 2.75) is 26.7 Å². The van der Waals surface area contributed by atoms with Crippen LogP contribution in [-0.2, 0) is 0 Å². The summed E-state index contributed by atoms with van der Waals surface area (Å²) in [4.78, 5) is 10.5. The fourth-order valence-electron chi connectivity index (χ4n) is 2.48. The summed E-state index contributed by atoms with van der Waals surface area (Å²) >= 11 is 0. The zero-order valence-corrected chi connectivity index (χ0v) is 12.3. The van der Waals surface area contributed by atoms with E-state index in [1.54, 1.807) is 0 Å². The lowest BCUT2D eigenvalue weighted by molar-refractivity contribution is 0.198. The molecule has 2 rings (SSSR count). The summed E-state index contributed by atoms with van der Waals surface area (Å²) in [6, 6.07) is 0. The molecular weight excluding hydrogens is 257 g/mol. The third-order valence-electron chi connectivity index (χ3n) is 3.79. The second-order valence-electron chi connectivity index (χ2n) is 5.18. The Hall–Kier alpha value is -1.43. The normalized spacial score (nSPS) is 17.1. The highest BCUT2D eigenvalue weighted by molar-refractivity contribution is 5.40. The summed E-state index contributed by atoms with van der Waals surface area (Å²) in [6.07, 6.45) is 3.54. The minimum Gasteiger partial charge on any atom is -0.367 e. The molecule has 0 aliphatic carbocycles. The van der Waals surface area contributed by atoms with E-state index >= 15 is 0 Å². The van der Waals surface area contributed by atoms with Gasteiger partial charge in [0.2, 0.25) is 5.95 Å². The molecule has 1 aromatic rings. The lowest BCUT2D eigenvalue weighted by atomic mass is 9.97. The van der Waals surface area contributed by atoms with Gasteiger partial charge in [0.1, 0.15) is 0 Å². The number of hydrogen-bond acceptors (Lipinski definition) is 5. The maximum Gasteiger partial charge on any atom is 0.224 e. The molecule has 1 aromatic heterocycles. The van der Waals surface area contributed by atoms with Crippen LogP contribution in [0.3, 0.4) is 0 Å². The van der Waals surface area contributed by atoms with E-state index in [1.165, 1.54) is 6.20 Å². The predicted octanol–water partition coefficient (Wildman–Crippen LogP) is 2.19. The molecule has 2 heterocycles. The van der Waals surface area contributed by atoms with Gasteiger partial charge in [-0.2, -0.15) is 4.98 Å². The Labute approximate surface area is 120 Å². The van der Waals surface area contributed by atoms with Crippen LogP contribution < -0.4 is 10.6 Å². The molecule has 112 valence electrons. The number of likely N-dealkylation sites (tertiary alicyclic amines) is 1. The van der Waals surface area contributed by atoms with Gasteiger partial charge >= 0.3 is 0 Å². The molecule has 20 heavy (non-hydrogen) atoms. The number of halogens is 1. The van der Waals surface area contributed by atoms with Crippen molar-refractivity contribution in [3.8, 4) is 0 Å². The highest BCUT2D eigenvalue weighted by atomic mass is 19.1. The van der Waals surface area contributed by atoms with E-state index < -0.39 is 5.82 Å². The summed E-state index contributed by atoms with van der Waals surface area (Å²) in [6.45, 7) is 9.04. The first kappa shape index (κ1) is 15.0. The van der Waals surface area contributed by atoms with Crippen molar-refractivity contribution in [2.24, 2.45) is 5.92 Å². The molecule has 2 N–H and O–H groups in total. The zero-order valence-electron chi connectivity index (χ0n) is 12.3.